The number of hydrogen-bond donors (Lipinski definition) is 0. The molecule has 0 aromatic heterocycles. The van der Waals surface area contributed by atoms with Gasteiger partial charge in [0.15, 0.2) is 0 Å². The zero-order valence-corrected chi connectivity index (χ0v) is 8.97. The van der Waals surface area contributed by atoms with Gasteiger partial charge >= 0.3 is 0 Å². The predicted molar refractivity (Wildman–Crippen MR) is 59.6 cm³/mol. The summed E-state index contributed by atoms with van der Waals surface area (Å²) in [6, 6.07) is 6.17. The Morgan fingerprint density at radius 2 is 2.07 bits per heavy atom. The summed E-state index contributed by atoms with van der Waals surface area (Å²) in [4.78, 5) is 0. The first-order valence-corrected chi connectivity index (χ1v) is 5.10. The Bertz CT molecular complexity index is 278. The van der Waals surface area contributed by atoms with E-state index in [1.165, 1.54) is 5.56 Å². The number of hydrogen-bond acceptors (Lipinski definition) is 1. The molecule has 1 aromatic carbocycles. The molecule has 0 saturated carbocycles. The van der Waals surface area contributed by atoms with E-state index in [2.05, 4.69) is 31.7 Å². The number of benzene rings is 1. The Morgan fingerprint density at radius 1 is 1.29 bits per heavy atom. The lowest BCUT2D eigenvalue weighted by Crippen LogP contribution is -1.94. The van der Waals surface area contributed by atoms with Crippen molar-refractivity contribution in [2.45, 2.75) is 26.7 Å². The third-order valence-electron chi connectivity index (χ3n) is 2.02. The third kappa shape index (κ3) is 2.91. The molecule has 0 aliphatic rings. The van der Waals surface area contributed by atoms with Crippen molar-refractivity contribution in [1.29, 1.82) is 0 Å². The summed E-state index contributed by atoms with van der Waals surface area (Å²) >= 11 is 0. The zero-order valence-electron chi connectivity index (χ0n) is 8.97. The first-order valence-electron chi connectivity index (χ1n) is 5.10. The molecule has 0 atom stereocenters. The van der Waals surface area contributed by atoms with Crippen LogP contribution in [0, 0.1) is 6.08 Å². The fraction of sp³-hybridized carbons (Fsp3) is 0.385. The van der Waals surface area contributed by atoms with Crippen LogP contribution in [0.1, 0.15) is 31.4 Å². The molecule has 0 aliphatic heterocycles. The summed E-state index contributed by atoms with van der Waals surface area (Å²) in [6.45, 7) is 8.51. The first-order chi connectivity index (χ1) is 6.80. The Labute approximate surface area is 86.4 Å². The van der Waals surface area contributed by atoms with Crippen molar-refractivity contribution in [3.05, 3.63) is 42.0 Å². The summed E-state index contributed by atoms with van der Waals surface area (Å²) in [5, 5.41) is 0. The average molecular weight is 189 g/mol. The molecule has 1 heteroatoms. The second-order valence-corrected chi connectivity index (χ2v) is 3.23. The summed E-state index contributed by atoms with van der Waals surface area (Å²) < 4.78 is 5.47. The minimum atomic E-state index is 0.701. The van der Waals surface area contributed by atoms with Gasteiger partial charge in [0.05, 0.1) is 6.61 Å². The van der Waals surface area contributed by atoms with Gasteiger partial charge < -0.3 is 4.74 Å². The lowest BCUT2D eigenvalue weighted by Gasteiger charge is -2.07. The first kappa shape index (κ1) is 10.8. The molecule has 0 aliphatic carbocycles. The van der Waals surface area contributed by atoms with Crippen LogP contribution in [0.2, 0.25) is 0 Å². The third-order valence-corrected chi connectivity index (χ3v) is 2.02. The van der Waals surface area contributed by atoms with Crippen LogP contribution in [-0.4, -0.2) is 6.61 Å². The van der Waals surface area contributed by atoms with Crippen molar-refractivity contribution in [2.75, 3.05) is 6.61 Å². The molecular formula is C13H17O. The van der Waals surface area contributed by atoms with Crippen LogP contribution in [0.25, 0.3) is 0 Å². The van der Waals surface area contributed by atoms with Gasteiger partial charge in [0.1, 0.15) is 5.75 Å². The van der Waals surface area contributed by atoms with E-state index in [0.717, 1.165) is 24.2 Å². The summed E-state index contributed by atoms with van der Waals surface area (Å²) in [5.74, 6) is 0.921. The quantitative estimate of drug-likeness (QED) is 0.690. The lowest BCUT2D eigenvalue weighted by atomic mass is 10.1. The van der Waals surface area contributed by atoms with Crippen molar-refractivity contribution >= 4 is 0 Å². The van der Waals surface area contributed by atoms with Crippen LogP contribution in [0.5, 0.6) is 5.75 Å². The van der Waals surface area contributed by atoms with Crippen LogP contribution in [0.15, 0.2) is 24.8 Å². The standard InChI is InChI=1S/C13H17O/c1-4-7-12-8-11(5-2)9-13(10-12)14-6-3/h8-10H,2,4,6-7H2,1,3H3. The summed E-state index contributed by atoms with van der Waals surface area (Å²) in [7, 11) is 0. The maximum absolute atomic E-state index is 5.47. The maximum atomic E-state index is 5.47. The van der Waals surface area contributed by atoms with Crippen LogP contribution >= 0.6 is 0 Å². The largest absolute Gasteiger partial charge is 0.494 e. The molecule has 0 fully saturated rings. The SMILES string of the molecule is C=[C]c1cc(CCC)cc(OCC)c1. The van der Waals surface area contributed by atoms with E-state index >= 15 is 0 Å². The minimum absolute atomic E-state index is 0.701. The monoisotopic (exact) mass is 189 g/mol. The topological polar surface area (TPSA) is 9.23 Å². The van der Waals surface area contributed by atoms with E-state index in [4.69, 9.17) is 4.74 Å². The van der Waals surface area contributed by atoms with E-state index in [0.29, 0.717) is 6.61 Å². The van der Waals surface area contributed by atoms with Gasteiger partial charge in [-0.25, -0.2) is 0 Å². The molecule has 1 rings (SSSR count). The van der Waals surface area contributed by atoms with Crippen molar-refractivity contribution in [2.24, 2.45) is 0 Å². The normalized spacial score (nSPS) is 9.86. The molecule has 14 heavy (non-hydrogen) atoms. The van der Waals surface area contributed by atoms with E-state index < -0.39 is 0 Å². The number of rotatable bonds is 5. The molecule has 1 nitrogen and oxygen atoms in total. The van der Waals surface area contributed by atoms with Crippen molar-refractivity contribution in [1.82, 2.24) is 0 Å². The van der Waals surface area contributed by atoms with Gasteiger partial charge in [0, 0.05) is 0 Å². The van der Waals surface area contributed by atoms with Gasteiger partial charge in [-0.05, 0) is 42.7 Å². The molecule has 0 bridgehead atoms. The van der Waals surface area contributed by atoms with E-state index in [9.17, 15) is 0 Å². The highest BCUT2D eigenvalue weighted by molar-refractivity contribution is 5.37. The Morgan fingerprint density at radius 3 is 2.64 bits per heavy atom. The molecule has 0 N–H and O–H groups in total. The smallest absolute Gasteiger partial charge is 0.120 e. The predicted octanol–water partition coefficient (Wildman–Crippen LogP) is 3.38. The van der Waals surface area contributed by atoms with E-state index in [1.54, 1.807) is 0 Å². The van der Waals surface area contributed by atoms with Gasteiger partial charge in [0.2, 0.25) is 0 Å². The number of ether oxygens (including phenoxy) is 1. The highest BCUT2D eigenvalue weighted by Crippen LogP contribution is 2.18. The fourth-order valence-corrected chi connectivity index (χ4v) is 1.45. The lowest BCUT2D eigenvalue weighted by molar-refractivity contribution is 0.339. The van der Waals surface area contributed by atoms with Crippen LogP contribution in [-0.2, 0) is 6.42 Å². The summed E-state index contributed by atoms with van der Waals surface area (Å²) in [5.41, 5.74) is 2.31. The zero-order chi connectivity index (χ0) is 10.4. The number of aryl methyl sites for hydroxylation is 1. The highest BCUT2D eigenvalue weighted by Gasteiger charge is 1.99. The summed E-state index contributed by atoms with van der Waals surface area (Å²) in [6.07, 6.45) is 5.12. The molecule has 0 saturated heterocycles. The molecular weight excluding hydrogens is 172 g/mol. The van der Waals surface area contributed by atoms with Gasteiger partial charge in [-0.1, -0.05) is 26.0 Å². The average Bonchev–Trinajstić information content (AvgIpc) is 2.18. The molecule has 0 heterocycles. The van der Waals surface area contributed by atoms with E-state index in [1.807, 2.05) is 13.0 Å². The van der Waals surface area contributed by atoms with Crippen LogP contribution in [0.3, 0.4) is 0 Å². The van der Waals surface area contributed by atoms with Crippen LogP contribution in [0.4, 0.5) is 0 Å². The van der Waals surface area contributed by atoms with Gasteiger partial charge in [0.25, 0.3) is 0 Å². The van der Waals surface area contributed by atoms with Gasteiger partial charge in [-0.2, -0.15) is 0 Å². The molecule has 1 radical (unpaired) electrons. The van der Waals surface area contributed by atoms with Crippen molar-refractivity contribution in [3.8, 4) is 5.75 Å². The van der Waals surface area contributed by atoms with Crippen molar-refractivity contribution < 1.29 is 4.74 Å². The van der Waals surface area contributed by atoms with Gasteiger partial charge in [-0.3, -0.25) is 0 Å². The molecule has 1 aromatic rings. The molecule has 0 amide bonds. The second kappa shape index (κ2) is 5.48. The van der Waals surface area contributed by atoms with Gasteiger partial charge in [-0.15, -0.1) is 0 Å². The van der Waals surface area contributed by atoms with E-state index in [-0.39, 0.29) is 0 Å². The Kier molecular flexibility index (Phi) is 4.24. The highest BCUT2D eigenvalue weighted by atomic mass is 16.5. The Hall–Kier alpha value is -1.24. The van der Waals surface area contributed by atoms with Crippen LogP contribution < -0.4 is 4.74 Å². The Balaban J connectivity index is 2.94. The van der Waals surface area contributed by atoms with Crippen molar-refractivity contribution in [3.63, 3.8) is 0 Å². The fourth-order valence-electron chi connectivity index (χ4n) is 1.45. The minimum Gasteiger partial charge on any atom is -0.494 e. The maximum Gasteiger partial charge on any atom is 0.120 e. The molecule has 0 unspecified atom stereocenters. The molecule has 0 spiro atoms. The molecule has 75 valence electrons. The second-order valence-electron chi connectivity index (χ2n) is 3.23.